The molecule has 2 aromatic heterocycles. The fourth-order valence-corrected chi connectivity index (χ4v) is 3.91. The van der Waals surface area contributed by atoms with Crippen LogP contribution >= 0.6 is 0 Å². The molecule has 1 aromatic carbocycles. The minimum absolute atomic E-state index is 0.0492. The normalized spacial score (nSPS) is 15.7. The van der Waals surface area contributed by atoms with Crippen LogP contribution in [0.15, 0.2) is 41.0 Å². The van der Waals surface area contributed by atoms with Gasteiger partial charge in [0.2, 0.25) is 5.91 Å². The molecule has 4 rings (SSSR count). The molecule has 1 N–H and O–H groups in total. The van der Waals surface area contributed by atoms with Crippen LogP contribution in [0.4, 0.5) is 4.39 Å². The highest BCUT2D eigenvalue weighted by Crippen LogP contribution is 2.32. The van der Waals surface area contributed by atoms with E-state index in [9.17, 15) is 14.0 Å². The summed E-state index contributed by atoms with van der Waals surface area (Å²) in [5.41, 5.74) is 3.78. The lowest BCUT2D eigenvalue weighted by Gasteiger charge is -2.24. The first kappa shape index (κ1) is 21.6. The third kappa shape index (κ3) is 4.66. The summed E-state index contributed by atoms with van der Waals surface area (Å²) in [6.07, 6.45) is 1.83. The number of hydrogen-bond donors (Lipinski definition) is 1. The quantitative estimate of drug-likeness (QED) is 0.636. The number of nitrogens with zero attached hydrogens (tertiary/aromatic N) is 4. The SMILES string of the molecule is Cc1nc(C2CCCN2C(=O)Cc2nonc2C)ccc1C(=O)NCc1ccc(F)cc1. The Morgan fingerprint density at radius 3 is 2.59 bits per heavy atom. The van der Waals surface area contributed by atoms with Crippen molar-refractivity contribution in [2.45, 2.75) is 45.7 Å². The zero-order valence-corrected chi connectivity index (χ0v) is 18.0. The van der Waals surface area contributed by atoms with Crippen molar-refractivity contribution in [3.63, 3.8) is 0 Å². The fourth-order valence-electron chi connectivity index (χ4n) is 3.91. The van der Waals surface area contributed by atoms with Crippen LogP contribution in [0, 0.1) is 19.7 Å². The lowest BCUT2D eigenvalue weighted by Crippen LogP contribution is -2.32. The molecule has 3 aromatic rings. The topological polar surface area (TPSA) is 101 Å². The van der Waals surface area contributed by atoms with Gasteiger partial charge in [0.05, 0.1) is 29.4 Å². The van der Waals surface area contributed by atoms with Crippen LogP contribution in [0.1, 0.15) is 57.6 Å². The predicted octanol–water partition coefficient (Wildman–Crippen LogP) is 3.06. The number of nitrogens with one attached hydrogen (secondary N) is 1. The molecular weight excluding hydrogens is 413 g/mol. The minimum Gasteiger partial charge on any atom is -0.348 e. The van der Waals surface area contributed by atoms with Crippen LogP contribution in [0.2, 0.25) is 0 Å². The number of carbonyl (C=O) groups is 2. The molecule has 1 unspecified atom stereocenters. The third-order valence-corrected chi connectivity index (χ3v) is 5.70. The maximum absolute atomic E-state index is 13.0. The summed E-state index contributed by atoms with van der Waals surface area (Å²) >= 11 is 0. The first-order valence-electron chi connectivity index (χ1n) is 10.5. The number of halogens is 1. The number of amides is 2. The number of rotatable bonds is 6. The average Bonchev–Trinajstić information content (AvgIpc) is 3.42. The first-order chi connectivity index (χ1) is 15.4. The number of benzene rings is 1. The highest BCUT2D eigenvalue weighted by Gasteiger charge is 2.32. The second-order valence-electron chi connectivity index (χ2n) is 7.90. The molecule has 0 bridgehead atoms. The summed E-state index contributed by atoms with van der Waals surface area (Å²) in [4.78, 5) is 31.9. The molecule has 32 heavy (non-hydrogen) atoms. The van der Waals surface area contributed by atoms with Crippen LogP contribution in [0.5, 0.6) is 0 Å². The van der Waals surface area contributed by atoms with Crippen molar-refractivity contribution in [1.29, 1.82) is 0 Å². The second-order valence-corrected chi connectivity index (χ2v) is 7.90. The lowest BCUT2D eigenvalue weighted by atomic mass is 10.1. The van der Waals surface area contributed by atoms with E-state index in [1.165, 1.54) is 12.1 Å². The van der Waals surface area contributed by atoms with Gasteiger partial charge in [0, 0.05) is 13.1 Å². The van der Waals surface area contributed by atoms with Crippen molar-refractivity contribution in [3.05, 3.63) is 76.1 Å². The number of aryl methyl sites for hydroxylation is 2. The van der Waals surface area contributed by atoms with Gasteiger partial charge in [-0.25, -0.2) is 9.02 Å². The maximum Gasteiger partial charge on any atom is 0.253 e. The van der Waals surface area contributed by atoms with Gasteiger partial charge in [-0.05, 0) is 56.5 Å². The third-order valence-electron chi connectivity index (χ3n) is 5.70. The minimum atomic E-state index is -0.317. The largest absolute Gasteiger partial charge is 0.348 e. The number of hydrogen-bond acceptors (Lipinski definition) is 6. The molecule has 2 amide bonds. The molecule has 0 saturated carbocycles. The van der Waals surface area contributed by atoms with Gasteiger partial charge in [0.15, 0.2) is 0 Å². The van der Waals surface area contributed by atoms with Gasteiger partial charge in [0.1, 0.15) is 17.2 Å². The fraction of sp³-hybridized carbons (Fsp3) is 0.348. The van der Waals surface area contributed by atoms with E-state index in [1.54, 1.807) is 38.1 Å². The molecule has 1 atom stereocenters. The van der Waals surface area contributed by atoms with Gasteiger partial charge >= 0.3 is 0 Å². The summed E-state index contributed by atoms with van der Waals surface area (Å²) in [7, 11) is 0. The summed E-state index contributed by atoms with van der Waals surface area (Å²) in [5.74, 6) is -0.617. The Morgan fingerprint density at radius 2 is 1.91 bits per heavy atom. The van der Waals surface area contributed by atoms with Crippen LogP contribution in [-0.2, 0) is 17.8 Å². The van der Waals surface area contributed by atoms with Gasteiger partial charge in [-0.15, -0.1) is 0 Å². The Labute approximate surface area is 184 Å². The Morgan fingerprint density at radius 1 is 1.12 bits per heavy atom. The summed E-state index contributed by atoms with van der Waals surface area (Å²) in [6.45, 7) is 4.48. The molecule has 0 radical (unpaired) electrons. The molecule has 3 heterocycles. The number of pyridine rings is 1. The van der Waals surface area contributed by atoms with E-state index in [4.69, 9.17) is 0 Å². The molecule has 1 aliphatic rings. The van der Waals surface area contributed by atoms with E-state index in [2.05, 4.69) is 25.2 Å². The Hall–Kier alpha value is -3.62. The monoisotopic (exact) mass is 437 g/mol. The molecular formula is C23H24FN5O3. The zero-order chi connectivity index (χ0) is 22.7. The Balaban J connectivity index is 1.43. The van der Waals surface area contributed by atoms with Gasteiger partial charge in [-0.1, -0.05) is 22.4 Å². The van der Waals surface area contributed by atoms with Gasteiger partial charge in [-0.2, -0.15) is 0 Å². The van der Waals surface area contributed by atoms with Crippen molar-refractivity contribution < 1.29 is 18.6 Å². The van der Waals surface area contributed by atoms with Gasteiger partial charge < -0.3 is 10.2 Å². The summed E-state index contributed by atoms with van der Waals surface area (Å²) < 4.78 is 17.7. The van der Waals surface area contributed by atoms with Crippen LogP contribution in [-0.4, -0.2) is 38.6 Å². The highest BCUT2D eigenvalue weighted by atomic mass is 19.1. The highest BCUT2D eigenvalue weighted by molar-refractivity contribution is 5.95. The lowest BCUT2D eigenvalue weighted by molar-refractivity contribution is -0.131. The first-order valence-corrected chi connectivity index (χ1v) is 10.5. The van der Waals surface area contributed by atoms with E-state index in [1.807, 2.05) is 4.90 Å². The molecule has 1 fully saturated rings. The van der Waals surface area contributed by atoms with E-state index in [-0.39, 0.29) is 30.1 Å². The predicted molar refractivity (Wildman–Crippen MR) is 113 cm³/mol. The van der Waals surface area contributed by atoms with Crippen LogP contribution in [0.25, 0.3) is 0 Å². The molecule has 0 aliphatic carbocycles. The average molecular weight is 437 g/mol. The molecule has 1 aliphatic heterocycles. The van der Waals surface area contributed by atoms with E-state index >= 15 is 0 Å². The number of aromatic nitrogens is 3. The standard InChI is InChI=1S/C23H24FN5O3/c1-14-18(23(31)25-13-16-5-7-17(24)8-6-16)9-10-19(26-14)21-4-3-11-29(21)22(30)12-20-15(2)27-32-28-20/h5-10,21H,3-4,11-13H2,1-2H3,(H,25,31). The molecule has 1 saturated heterocycles. The van der Waals surface area contributed by atoms with Crippen molar-refractivity contribution in [2.24, 2.45) is 0 Å². The van der Waals surface area contributed by atoms with Crippen molar-refractivity contribution in [1.82, 2.24) is 25.5 Å². The Kier molecular flexibility index (Phi) is 6.25. The van der Waals surface area contributed by atoms with Crippen LogP contribution < -0.4 is 5.32 Å². The zero-order valence-electron chi connectivity index (χ0n) is 18.0. The molecule has 166 valence electrons. The van der Waals surface area contributed by atoms with E-state index < -0.39 is 0 Å². The van der Waals surface area contributed by atoms with E-state index in [0.717, 1.165) is 24.1 Å². The number of carbonyl (C=O) groups excluding carboxylic acids is 2. The van der Waals surface area contributed by atoms with Crippen molar-refractivity contribution in [2.75, 3.05) is 6.54 Å². The summed E-state index contributed by atoms with van der Waals surface area (Å²) in [5, 5.41) is 10.4. The molecule has 0 spiro atoms. The van der Waals surface area contributed by atoms with E-state index in [0.29, 0.717) is 35.7 Å². The second kappa shape index (κ2) is 9.25. The number of likely N-dealkylation sites (tertiary alicyclic amines) is 1. The molecule has 8 nitrogen and oxygen atoms in total. The van der Waals surface area contributed by atoms with Gasteiger partial charge in [-0.3, -0.25) is 14.6 Å². The smallest absolute Gasteiger partial charge is 0.253 e. The Bertz CT molecular complexity index is 1130. The van der Waals surface area contributed by atoms with Crippen LogP contribution in [0.3, 0.4) is 0 Å². The maximum atomic E-state index is 13.0. The van der Waals surface area contributed by atoms with Crippen molar-refractivity contribution in [3.8, 4) is 0 Å². The molecule has 9 heteroatoms. The van der Waals surface area contributed by atoms with Gasteiger partial charge in [0.25, 0.3) is 5.91 Å². The van der Waals surface area contributed by atoms with Crippen molar-refractivity contribution >= 4 is 11.8 Å². The summed E-state index contributed by atoms with van der Waals surface area (Å²) in [6, 6.07) is 9.38.